The fourth-order valence-electron chi connectivity index (χ4n) is 4.82. The first kappa shape index (κ1) is 38.7. The van der Waals surface area contributed by atoms with Crippen molar-refractivity contribution in [3.63, 3.8) is 0 Å². The minimum atomic E-state index is -0.258. The van der Waals surface area contributed by atoms with Crippen LogP contribution >= 0.6 is 48.0 Å². The third-order valence-electron chi connectivity index (χ3n) is 7.45. The van der Waals surface area contributed by atoms with Gasteiger partial charge in [-0.2, -0.15) is 0 Å². The topological polar surface area (TPSA) is 93.2 Å². The number of hydrogen-bond donors (Lipinski definition) is 0. The van der Waals surface area contributed by atoms with Crippen molar-refractivity contribution in [2.24, 2.45) is 0 Å². The van der Waals surface area contributed by atoms with Gasteiger partial charge < -0.3 is 9.47 Å². The highest BCUT2D eigenvalue weighted by atomic mass is 32.2. The molecule has 8 nitrogen and oxygen atoms in total. The Bertz CT molecular complexity index is 941. The van der Waals surface area contributed by atoms with Crippen LogP contribution in [0.3, 0.4) is 0 Å². The molecular weight excluding hydrogens is 637 g/mol. The molecule has 2 saturated heterocycles. The molecule has 0 radical (unpaired) electrons. The number of thiocarbonyl (C=S) groups is 2. The lowest BCUT2D eigenvalue weighted by Crippen LogP contribution is -2.31. The molecule has 0 aromatic rings. The Morgan fingerprint density at radius 3 is 1.32 bits per heavy atom. The summed E-state index contributed by atoms with van der Waals surface area (Å²) in [7, 11) is 0. The van der Waals surface area contributed by atoms with Crippen LogP contribution in [0.25, 0.3) is 0 Å². The molecule has 0 N–H and O–H groups in total. The van der Waals surface area contributed by atoms with Crippen molar-refractivity contribution < 1.29 is 28.7 Å². The Kier molecular flexibility index (Phi) is 20.1. The van der Waals surface area contributed by atoms with E-state index in [1.54, 1.807) is 9.80 Å². The number of nitrogens with zero attached hydrogens (tertiary/aromatic N) is 2. The standard InChI is InChI=1S/C32H50N2O6S4/c1-3-5-7-9-17-23-39-25(35)19-13-11-15-21-33-29(37)27(43-31(33)41)28-30(38)34(32(42)44-28)22-16-12-14-20-26(36)40-24-18-10-8-6-4-2/h3-24H2,1-2H3/b28-27+. The van der Waals surface area contributed by atoms with Gasteiger partial charge in [0.25, 0.3) is 11.8 Å². The Morgan fingerprint density at radius 2 is 0.932 bits per heavy atom. The van der Waals surface area contributed by atoms with Crippen LogP contribution in [0, 0.1) is 0 Å². The van der Waals surface area contributed by atoms with Gasteiger partial charge in [0, 0.05) is 25.9 Å². The number of carbonyl (C=O) groups is 4. The first-order valence-electron chi connectivity index (χ1n) is 16.4. The summed E-state index contributed by atoms with van der Waals surface area (Å²) in [5.74, 6) is -0.850. The van der Waals surface area contributed by atoms with Crippen LogP contribution < -0.4 is 0 Å². The summed E-state index contributed by atoms with van der Waals surface area (Å²) in [4.78, 5) is 54.0. The van der Waals surface area contributed by atoms with Gasteiger partial charge in [0.05, 0.1) is 23.0 Å². The van der Waals surface area contributed by atoms with Crippen molar-refractivity contribution in [3.05, 3.63) is 9.81 Å². The van der Waals surface area contributed by atoms with E-state index >= 15 is 0 Å². The molecule has 0 saturated carbocycles. The van der Waals surface area contributed by atoms with Crippen LogP contribution in [0.5, 0.6) is 0 Å². The third-order valence-corrected chi connectivity index (χ3v) is 10.5. The smallest absolute Gasteiger partial charge is 0.305 e. The Morgan fingerprint density at radius 1 is 0.568 bits per heavy atom. The first-order chi connectivity index (χ1) is 21.3. The molecule has 2 aliphatic heterocycles. The second-order valence-corrected chi connectivity index (χ2v) is 14.5. The van der Waals surface area contributed by atoms with E-state index in [9.17, 15) is 19.2 Å². The van der Waals surface area contributed by atoms with Gasteiger partial charge in [0.2, 0.25) is 0 Å². The summed E-state index contributed by atoms with van der Waals surface area (Å²) in [6.07, 6.45) is 16.3. The van der Waals surface area contributed by atoms with E-state index in [2.05, 4.69) is 13.8 Å². The number of esters is 2. The second kappa shape index (κ2) is 22.9. The van der Waals surface area contributed by atoms with E-state index in [1.165, 1.54) is 38.5 Å². The molecular formula is C32H50N2O6S4. The van der Waals surface area contributed by atoms with E-state index in [0.29, 0.717) is 83.3 Å². The molecule has 0 aromatic carbocycles. The van der Waals surface area contributed by atoms with Gasteiger partial charge in [-0.3, -0.25) is 29.0 Å². The van der Waals surface area contributed by atoms with Crippen molar-refractivity contribution in [3.8, 4) is 0 Å². The lowest BCUT2D eigenvalue weighted by molar-refractivity contribution is -0.144. The summed E-state index contributed by atoms with van der Waals surface area (Å²) >= 11 is 13.2. The maximum absolute atomic E-state index is 13.2. The van der Waals surface area contributed by atoms with Crippen LogP contribution in [0.4, 0.5) is 0 Å². The van der Waals surface area contributed by atoms with Crippen molar-refractivity contribution in [2.45, 2.75) is 129 Å². The second-order valence-electron chi connectivity index (χ2n) is 11.2. The lowest BCUT2D eigenvalue weighted by Gasteiger charge is -2.14. The predicted octanol–water partition coefficient (Wildman–Crippen LogP) is 8.07. The molecule has 2 amide bonds. The fraction of sp³-hybridized carbons (Fsp3) is 0.750. The number of hydrogen-bond acceptors (Lipinski definition) is 10. The summed E-state index contributed by atoms with van der Waals surface area (Å²) < 4.78 is 11.5. The van der Waals surface area contributed by atoms with Crippen LogP contribution in [0.2, 0.25) is 0 Å². The Balaban J connectivity index is 1.66. The molecule has 0 aliphatic carbocycles. The highest BCUT2D eigenvalue weighted by Gasteiger charge is 2.41. The van der Waals surface area contributed by atoms with Gasteiger partial charge in [-0.15, -0.1) is 0 Å². The molecule has 2 heterocycles. The predicted molar refractivity (Wildman–Crippen MR) is 187 cm³/mol. The molecule has 0 aromatic heterocycles. The zero-order valence-electron chi connectivity index (χ0n) is 26.5. The van der Waals surface area contributed by atoms with Crippen molar-refractivity contribution in [1.29, 1.82) is 0 Å². The minimum absolute atomic E-state index is 0.167. The lowest BCUT2D eigenvalue weighted by atomic mass is 10.1. The molecule has 0 unspecified atom stereocenters. The average Bonchev–Trinajstić information content (AvgIpc) is 3.44. The van der Waals surface area contributed by atoms with Crippen LogP contribution in [-0.4, -0.2) is 68.5 Å². The summed E-state index contributed by atoms with van der Waals surface area (Å²) in [6.45, 7) is 6.21. The van der Waals surface area contributed by atoms with Gasteiger partial charge in [0.15, 0.2) is 0 Å². The number of ether oxygens (including phenoxy) is 2. The normalized spacial score (nSPS) is 16.9. The van der Waals surface area contributed by atoms with E-state index < -0.39 is 0 Å². The molecule has 12 heteroatoms. The molecule has 2 fully saturated rings. The largest absolute Gasteiger partial charge is 0.466 e. The number of carbonyl (C=O) groups excluding carboxylic acids is 4. The van der Waals surface area contributed by atoms with Crippen LogP contribution in [0.15, 0.2) is 9.81 Å². The monoisotopic (exact) mass is 686 g/mol. The van der Waals surface area contributed by atoms with Crippen molar-refractivity contribution in [1.82, 2.24) is 9.80 Å². The van der Waals surface area contributed by atoms with Crippen LogP contribution in [-0.2, 0) is 28.7 Å². The molecule has 2 aliphatic rings. The zero-order chi connectivity index (χ0) is 32.2. The SMILES string of the molecule is CCCCCCCOC(=O)CCCCCN1C(=O)/C(=C2\SC(=S)N(CCCCCC(=O)OCCCCCCC)C2=O)SC1=S. The van der Waals surface area contributed by atoms with Gasteiger partial charge in [-0.25, -0.2) is 0 Å². The highest BCUT2D eigenvalue weighted by molar-refractivity contribution is 8.29. The van der Waals surface area contributed by atoms with Gasteiger partial charge in [0.1, 0.15) is 8.64 Å². The average molecular weight is 687 g/mol. The minimum Gasteiger partial charge on any atom is -0.466 e. The number of amides is 2. The zero-order valence-corrected chi connectivity index (χ0v) is 29.8. The molecule has 44 heavy (non-hydrogen) atoms. The van der Waals surface area contributed by atoms with Crippen LogP contribution in [0.1, 0.15) is 129 Å². The molecule has 0 bridgehead atoms. The van der Waals surface area contributed by atoms with Crippen molar-refractivity contribution >= 4 is 80.4 Å². The van der Waals surface area contributed by atoms with Gasteiger partial charge >= 0.3 is 11.9 Å². The Labute approximate surface area is 283 Å². The van der Waals surface area contributed by atoms with E-state index in [1.807, 2.05) is 0 Å². The molecule has 0 spiro atoms. The van der Waals surface area contributed by atoms with E-state index in [0.717, 1.165) is 62.0 Å². The summed E-state index contributed by atoms with van der Waals surface area (Å²) in [6, 6.07) is 0. The quantitative estimate of drug-likeness (QED) is 0.0430. The molecule has 248 valence electrons. The molecule has 2 rings (SSSR count). The van der Waals surface area contributed by atoms with Crippen molar-refractivity contribution in [2.75, 3.05) is 26.3 Å². The summed E-state index contributed by atoms with van der Waals surface area (Å²) in [5.41, 5.74) is 0. The maximum Gasteiger partial charge on any atom is 0.305 e. The Hall–Kier alpha value is -1.50. The molecule has 0 atom stereocenters. The summed E-state index contributed by atoms with van der Waals surface area (Å²) in [5, 5.41) is 0. The number of unbranched alkanes of at least 4 members (excludes halogenated alkanes) is 12. The van der Waals surface area contributed by atoms with E-state index in [-0.39, 0.29) is 23.8 Å². The van der Waals surface area contributed by atoms with Gasteiger partial charge in [-0.1, -0.05) is 126 Å². The first-order valence-corrected chi connectivity index (χ1v) is 18.9. The fourth-order valence-corrected chi connectivity index (χ4v) is 7.59. The maximum atomic E-state index is 13.2. The van der Waals surface area contributed by atoms with E-state index in [4.69, 9.17) is 33.9 Å². The number of rotatable bonds is 24. The third kappa shape index (κ3) is 14.3. The van der Waals surface area contributed by atoms with Gasteiger partial charge in [-0.05, 0) is 38.5 Å². The highest BCUT2D eigenvalue weighted by Crippen LogP contribution is 2.42. The number of thioether (sulfide) groups is 2.